The van der Waals surface area contributed by atoms with Gasteiger partial charge in [0.15, 0.2) is 11.6 Å². The number of benzene rings is 3. The van der Waals surface area contributed by atoms with Gasteiger partial charge in [-0.25, -0.2) is 0 Å². The third kappa shape index (κ3) is 1.75. The van der Waals surface area contributed by atoms with Crippen LogP contribution in [0.25, 0.3) is 21.8 Å². The second-order valence-corrected chi connectivity index (χ2v) is 6.72. The monoisotopic (exact) mass is 325 g/mol. The highest BCUT2D eigenvalue weighted by Crippen LogP contribution is 2.36. The topological polar surface area (TPSA) is 49.9 Å². The van der Waals surface area contributed by atoms with Gasteiger partial charge in [-0.3, -0.25) is 9.59 Å². The maximum Gasteiger partial charge on any atom is 0.196 e. The number of rotatable bonds is 0. The maximum absolute atomic E-state index is 13.1. The molecule has 1 N–H and O–H groups in total. The Hall–Kier alpha value is -3.20. The van der Waals surface area contributed by atoms with Crippen LogP contribution >= 0.6 is 0 Å². The summed E-state index contributed by atoms with van der Waals surface area (Å²) in [6.45, 7) is 4.15. The molecule has 25 heavy (non-hydrogen) atoms. The van der Waals surface area contributed by atoms with Crippen molar-refractivity contribution in [2.75, 3.05) is 0 Å². The Bertz CT molecular complexity index is 1240. The number of aromatic nitrogens is 1. The summed E-state index contributed by atoms with van der Waals surface area (Å²) in [5, 5.41) is 2.07. The second-order valence-electron chi connectivity index (χ2n) is 6.72. The van der Waals surface area contributed by atoms with Gasteiger partial charge in [-0.15, -0.1) is 0 Å². The number of fused-ring (bicyclic) bond motifs is 6. The highest BCUT2D eigenvalue weighted by Gasteiger charge is 2.31. The predicted molar refractivity (Wildman–Crippen MR) is 98.6 cm³/mol. The molecule has 1 aliphatic rings. The van der Waals surface area contributed by atoms with Crippen LogP contribution in [0.3, 0.4) is 0 Å². The molecule has 3 nitrogen and oxygen atoms in total. The lowest BCUT2D eigenvalue weighted by Crippen LogP contribution is -2.21. The summed E-state index contributed by atoms with van der Waals surface area (Å²) < 4.78 is 0. The van der Waals surface area contributed by atoms with Crippen LogP contribution in [-0.2, 0) is 0 Å². The van der Waals surface area contributed by atoms with Crippen LogP contribution in [0.2, 0.25) is 0 Å². The molecule has 0 saturated carbocycles. The minimum atomic E-state index is -0.0872. The van der Waals surface area contributed by atoms with Gasteiger partial charge >= 0.3 is 0 Å². The third-order valence-corrected chi connectivity index (χ3v) is 5.28. The Balaban J connectivity index is 1.92. The van der Waals surface area contributed by atoms with Crippen LogP contribution in [0.5, 0.6) is 0 Å². The highest BCUT2D eigenvalue weighted by molar-refractivity contribution is 6.33. The lowest BCUT2D eigenvalue weighted by Gasteiger charge is -2.17. The molecule has 0 bridgehead atoms. The molecule has 0 fully saturated rings. The molecule has 120 valence electrons. The van der Waals surface area contributed by atoms with E-state index in [1.807, 2.05) is 6.07 Å². The first-order valence-corrected chi connectivity index (χ1v) is 8.30. The zero-order chi connectivity index (χ0) is 17.3. The third-order valence-electron chi connectivity index (χ3n) is 5.28. The van der Waals surface area contributed by atoms with Crippen LogP contribution in [0, 0.1) is 13.8 Å². The van der Waals surface area contributed by atoms with Crippen molar-refractivity contribution in [3.05, 3.63) is 81.9 Å². The molecule has 0 unspecified atom stereocenters. The van der Waals surface area contributed by atoms with Crippen LogP contribution < -0.4 is 0 Å². The number of ketones is 2. The standard InChI is InChI=1S/C22H15NO2/c1-11-9-17-13-7-8-16-19(20(13)23-18(17)10-12(11)2)22(25)15-6-4-3-5-14(15)21(16)24/h3-10,23H,1-2H3. The fourth-order valence-corrected chi connectivity index (χ4v) is 3.82. The van der Waals surface area contributed by atoms with E-state index in [-0.39, 0.29) is 11.6 Å². The van der Waals surface area contributed by atoms with Crippen molar-refractivity contribution >= 4 is 33.4 Å². The fourth-order valence-electron chi connectivity index (χ4n) is 3.82. The molecule has 3 aromatic carbocycles. The summed E-state index contributed by atoms with van der Waals surface area (Å²) in [6, 6.07) is 15.0. The molecule has 0 amide bonds. The zero-order valence-electron chi connectivity index (χ0n) is 13.9. The Labute approximate surface area is 144 Å². The van der Waals surface area contributed by atoms with Crippen LogP contribution in [-0.4, -0.2) is 16.6 Å². The predicted octanol–water partition coefficient (Wildman–Crippen LogP) is 4.71. The van der Waals surface area contributed by atoms with E-state index >= 15 is 0 Å². The quantitative estimate of drug-likeness (QED) is 0.448. The summed E-state index contributed by atoms with van der Waals surface area (Å²) in [4.78, 5) is 29.3. The molecule has 3 heteroatoms. The van der Waals surface area contributed by atoms with Crippen molar-refractivity contribution < 1.29 is 9.59 Å². The molecular weight excluding hydrogens is 310 g/mol. The van der Waals surface area contributed by atoms with E-state index in [9.17, 15) is 9.59 Å². The Morgan fingerprint density at radius 2 is 1.40 bits per heavy atom. The number of H-pyrrole nitrogens is 1. The van der Waals surface area contributed by atoms with Gasteiger partial charge in [0.2, 0.25) is 0 Å². The van der Waals surface area contributed by atoms with Gasteiger partial charge in [-0.1, -0.05) is 30.3 Å². The molecule has 4 aromatic rings. The summed E-state index contributed by atoms with van der Waals surface area (Å²) in [6.07, 6.45) is 0. The zero-order valence-corrected chi connectivity index (χ0v) is 13.9. The van der Waals surface area contributed by atoms with Gasteiger partial charge in [0, 0.05) is 33.0 Å². The average molecular weight is 325 g/mol. The van der Waals surface area contributed by atoms with Gasteiger partial charge < -0.3 is 4.98 Å². The van der Waals surface area contributed by atoms with Crippen molar-refractivity contribution in [1.82, 2.24) is 4.98 Å². The van der Waals surface area contributed by atoms with Crippen molar-refractivity contribution in [2.24, 2.45) is 0 Å². The van der Waals surface area contributed by atoms with E-state index in [1.54, 1.807) is 30.3 Å². The normalized spacial score (nSPS) is 13.4. The first-order valence-electron chi connectivity index (χ1n) is 8.30. The van der Waals surface area contributed by atoms with E-state index in [0.29, 0.717) is 22.3 Å². The van der Waals surface area contributed by atoms with E-state index in [1.165, 1.54) is 11.1 Å². The summed E-state index contributed by atoms with van der Waals surface area (Å²) >= 11 is 0. The number of aromatic amines is 1. The van der Waals surface area contributed by atoms with Gasteiger partial charge in [0.05, 0.1) is 11.1 Å². The number of hydrogen-bond acceptors (Lipinski definition) is 2. The smallest absolute Gasteiger partial charge is 0.196 e. The van der Waals surface area contributed by atoms with E-state index in [4.69, 9.17) is 0 Å². The largest absolute Gasteiger partial charge is 0.354 e. The Morgan fingerprint density at radius 1 is 0.720 bits per heavy atom. The lowest BCUT2D eigenvalue weighted by molar-refractivity contribution is 0.0980. The van der Waals surface area contributed by atoms with E-state index < -0.39 is 0 Å². The molecule has 1 aliphatic carbocycles. The van der Waals surface area contributed by atoms with Crippen molar-refractivity contribution in [1.29, 1.82) is 0 Å². The molecule has 0 aliphatic heterocycles. The highest BCUT2D eigenvalue weighted by atomic mass is 16.1. The average Bonchev–Trinajstić information content (AvgIpc) is 2.97. The number of aryl methyl sites for hydroxylation is 2. The number of nitrogens with one attached hydrogen (secondary N) is 1. The summed E-state index contributed by atoms with van der Waals surface area (Å²) in [7, 11) is 0. The maximum atomic E-state index is 13.1. The van der Waals surface area contributed by atoms with Crippen molar-refractivity contribution in [3.63, 3.8) is 0 Å². The van der Waals surface area contributed by atoms with Crippen molar-refractivity contribution in [3.8, 4) is 0 Å². The van der Waals surface area contributed by atoms with Gasteiger partial charge in [0.1, 0.15) is 0 Å². The first-order chi connectivity index (χ1) is 12.1. The Morgan fingerprint density at radius 3 is 2.16 bits per heavy atom. The van der Waals surface area contributed by atoms with E-state index in [2.05, 4.69) is 31.0 Å². The number of hydrogen-bond donors (Lipinski definition) is 1. The molecule has 0 spiro atoms. The number of carbonyl (C=O) groups is 2. The summed E-state index contributed by atoms with van der Waals surface area (Å²) in [5.74, 6) is -0.172. The minimum Gasteiger partial charge on any atom is -0.354 e. The molecular formula is C22H15NO2. The fraction of sp³-hybridized carbons (Fsp3) is 0.0909. The SMILES string of the molecule is Cc1cc2[nH]c3c4c(ccc3c2cc1C)C(=O)c1ccccc1C4=O. The molecule has 0 radical (unpaired) electrons. The number of carbonyl (C=O) groups excluding carboxylic acids is 2. The Kier molecular flexibility index (Phi) is 2.65. The van der Waals surface area contributed by atoms with Gasteiger partial charge in [-0.05, 0) is 43.2 Å². The molecule has 1 aromatic heterocycles. The van der Waals surface area contributed by atoms with Crippen LogP contribution in [0.15, 0.2) is 48.5 Å². The van der Waals surface area contributed by atoms with E-state index in [0.717, 1.165) is 21.8 Å². The van der Waals surface area contributed by atoms with Crippen LogP contribution in [0.1, 0.15) is 43.0 Å². The lowest BCUT2D eigenvalue weighted by atomic mass is 9.83. The van der Waals surface area contributed by atoms with Crippen LogP contribution in [0.4, 0.5) is 0 Å². The van der Waals surface area contributed by atoms with Gasteiger partial charge in [-0.2, -0.15) is 0 Å². The van der Waals surface area contributed by atoms with Crippen molar-refractivity contribution in [2.45, 2.75) is 13.8 Å². The molecule has 5 rings (SSSR count). The molecule has 0 saturated heterocycles. The van der Waals surface area contributed by atoms with Gasteiger partial charge in [0.25, 0.3) is 0 Å². The second kappa shape index (κ2) is 4.67. The molecule has 0 atom stereocenters. The minimum absolute atomic E-state index is 0.0851. The first kappa shape index (κ1) is 14.2. The summed E-state index contributed by atoms with van der Waals surface area (Å²) in [5.41, 5.74) is 6.10. The molecule has 1 heterocycles.